The Morgan fingerprint density at radius 1 is 1.08 bits per heavy atom. The molecule has 0 fully saturated rings. The Hall–Kier alpha value is -2.18. The van der Waals surface area contributed by atoms with Crippen molar-refractivity contribution in [2.75, 3.05) is 13.1 Å². The number of amides is 1. The molecule has 134 valence electrons. The Labute approximate surface area is 149 Å². The fraction of sp³-hybridized carbons (Fsp3) is 0.316. The van der Waals surface area contributed by atoms with Gasteiger partial charge in [-0.05, 0) is 36.6 Å². The molecule has 6 heteroatoms. The third-order valence-electron chi connectivity index (χ3n) is 3.97. The maximum atomic E-state index is 12.5. The minimum atomic E-state index is -3.60. The van der Waals surface area contributed by atoms with Crippen LogP contribution in [0.2, 0.25) is 0 Å². The highest BCUT2D eigenvalue weighted by Gasteiger charge is 2.17. The molecule has 0 atom stereocenters. The van der Waals surface area contributed by atoms with Crippen LogP contribution >= 0.6 is 0 Å². The van der Waals surface area contributed by atoms with Crippen LogP contribution in [0.4, 0.5) is 0 Å². The predicted molar refractivity (Wildman–Crippen MR) is 98.6 cm³/mol. The van der Waals surface area contributed by atoms with Crippen molar-refractivity contribution in [3.63, 3.8) is 0 Å². The van der Waals surface area contributed by atoms with Crippen LogP contribution in [0.3, 0.4) is 0 Å². The van der Waals surface area contributed by atoms with E-state index in [1.54, 1.807) is 24.0 Å². The van der Waals surface area contributed by atoms with Crippen LogP contribution in [0.25, 0.3) is 0 Å². The highest BCUT2D eigenvalue weighted by molar-refractivity contribution is 7.89. The lowest BCUT2D eigenvalue weighted by molar-refractivity contribution is -0.129. The van der Waals surface area contributed by atoms with Crippen LogP contribution in [-0.2, 0) is 21.4 Å². The summed E-state index contributed by atoms with van der Waals surface area (Å²) in [5, 5.41) is 0. The molecule has 2 rings (SSSR count). The van der Waals surface area contributed by atoms with Crippen LogP contribution in [0.5, 0.6) is 0 Å². The second kappa shape index (κ2) is 8.27. The largest absolute Gasteiger partial charge is 0.337 e. The van der Waals surface area contributed by atoms with E-state index < -0.39 is 10.0 Å². The summed E-state index contributed by atoms with van der Waals surface area (Å²) in [5.74, 6) is -0.0882. The van der Waals surface area contributed by atoms with Gasteiger partial charge in [-0.1, -0.05) is 42.5 Å². The molecule has 0 aromatic heterocycles. The molecule has 0 heterocycles. The molecule has 5 nitrogen and oxygen atoms in total. The zero-order valence-electron chi connectivity index (χ0n) is 14.8. The minimum absolute atomic E-state index is 0.0882. The van der Waals surface area contributed by atoms with Crippen molar-refractivity contribution in [2.24, 2.45) is 0 Å². The van der Waals surface area contributed by atoms with E-state index in [0.29, 0.717) is 18.7 Å². The lowest BCUT2D eigenvalue weighted by Crippen LogP contribution is -2.37. The number of aryl methyl sites for hydroxylation is 2. The summed E-state index contributed by atoms with van der Waals surface area (Å²) in [7, 11) is -3.60. The number of nitrogens with one attached hydrogen (secondary N) is 1. The first-order chi connectivity index (χ1) is 11.8. The zero-order chi connectivity index (χ0) is 18.4. The number of nitrogens with zero attached hydrogens (tertiary/aromatic N) is 1. The van der Waals surface area contributed by atoms with Crippen LogP contribution in [0.15, 0.2) is 53.4 Å². The summed E-state index contributed by atoms with van der Waals surface area (Å²) < 4.78 is 27.6. The Morgan fingerprint density at radius 3 is 2.40 bits per heavy atom. The van der Waals surface area contributed by atoms with Gasteiger partial charge in [0.15, 0.2) is 0 Å². The first-order valence-electron chi connectivity index (χ1n) is 8.16. The van der Waals surface area contributed by atoms with Crippen molar-refractivity contribution < 1.29 is 13.2 Å². The monoisotopic (exact) mass is 360 g/mol. The van der Waals surface area contributed by atoms with Crippen LogP contribution < -0.4 is 4.72 Å². The van der Waals surface area contributed by atoms with Gasteiger partial charge in [0.25, 0.3) is 0 Å². The molecule has 0 aliphatic carbocycles. The smallest absolute Gasteiger partial charge is 0.240 e. The van der Waals surface area contributed by atoms with Gasteiger partial charge in [0.2, 0.25) is 15.9 Å². The Balaban J connectivity index is 2.01. The summed E-state index contributed by atoms with van der Waals surface area (Å²) in [6.07, 6.45) is 0. The molecule has 0 unspecified atom stereocenters. The third kappa shape index (κ3) is 5.41. The molecule has 0 saturated carbocycles. The third-order valence-corrected chi connectivity index (χ3v) is 5.57. The number of rotatable bonds is 7. The number of benzene rings is 2. The average molecular weight is 360 g/mol. The van der Waals surface area contributed by atoms with E-state index in [1.165, 1.54) is 6.92 Å². The average Bonchev–Trinajstić information content (AvgIpc) is 2.56. The van der Waals surface area contributed by atoms with Gasteiger partial charge < -0.3 is 4.90 Å². The lowest BCUT2D eigenvalue weighted by atomic mass is 10.2. The molecule has 0 radical (unpaired) electrons. The van der Waals surface area contributed by atoms with Gasteiger partial charge in [0.05, 0.1) is 4.90 Å². The highest BCUT2D eigenvalue weighted by Crippen LogP contribution is 2.16. The molecule has 2 aromatic carbocycles. The molecule has 1 N–H and O–H groups in total. The normalized spacial score (nSPS) is 11.3. The number of carbonyl (C=O) groups is 1. The van der Waals surface area contributed by atoms with Gasteiger partial charge in [-0.25, -0.2) is 13.1 Å². The van der Waals surface area contributed by atoms with E-state index in [-0.39, 0.29) is 17.3 Å². The van der Waals surface area contributed by atoms with Crippen molar-refractivity contribution in [1.82, 2.24) is 9.62 Å². The Bertz CT molecular complexity index is 833. The summed E-state index contributed by atoms with van der Waals surface area (Å²) >= 11 is 0. The number of sulfonamides is 1. The number of carbonyl (C=O) groups excluding carboxylic acids is 1. The summed E-state index contributed by atoms with van der Waals surface area (Å²) in [6.45, 7) is 6.06. The second-order valence-electron chi connectivity index (χ2n) is 6.09. The maximum absolute atomic E-state index is 12.5. The first kappa shape index (κ1) is 19.1. The van der Waals surface area contributed by atoms with E-state index in [2.05, 4.69) is 4.72 Å². The van der Waals surface area contributed by atoms with E-state index in [9.17, 15) is 13.2 Å². The summed E-state index contributed by atoms with van der Waals surface area (Å²) in [6, 6.07) is 15.0. The standard InChI is InChI=1S/C19H24N2O3S/c1-15-9-10-16(2)19(13-15)25(23,24)20-11-12-21(17(3)22)14-18-7-5-4-6-8-18/h4-10,13,20H,11-12,14H2,1-3H3. The van der Waals surface area contributed by atoms with Gasteiger partial charge in [-0.3, -0.25) is 4.79 Å². The second-order valence-corrected chi connectivity index (χ2v) is 7.83. The maximum Gasteiger partial charge on any atom is 0.240 e. The Kier molecular flexibility index (Phi) is 6.33. The predicted octanol–water partition coefficient (Wildman–Crippen LogP) is 2.63. The molecular formula is C19H24N2O3S. The van der Waals surface area contributed by atoms with Crippen molar-refractivity contribution in [2.45, 2.75) is 32.2 Å². The van der Waals surface area contributed by atoms with Gasteiger partial charge in [-0.15, -0.1) is 0 Å². The fourth-order valence-corrected chi connectivity index (χ4v) is 3.89. The number of hydrogen-bond donors (Lipinski definition) is 1. The van der Waals surface area contributed by atoms with Gasteiger partial charge in [0.1, 0.15) is 0 Å². The lowest BCUT2D eigenvalue weighted by Gasteiger charge is -2.21. The van der Waals surface area contributed by atoms with E-state index >= 15 is 0 Å². The molecule has 25 heavy (non-hydrogen) atoms. The molecule has 0 aliphatic heterocycles. The van der Waals surface area contributed by atoms with Gasteiger partial charge >= 0.3 is 0 Å². The molecular weight excluding hydrogens is 336 g/mol. The van der Waals surface area contributed by atoms with Crippen molar-refractivity contribution in [3.05, 3.63) is 65.2 Å². The van der Waals surface area contributed by atoms with E-state index in [0.717, 1.165) is 11.1 Å². The first-order valence-corrected chi connectivity index (χ1v) is 9.64. The van der Waals surface area contributed by atoms with Gasteiger partial charge in [-0.2, -0.15) is 0 Å². The van der Waals surface area contributed by atoms with Crippen molar-refractivity contribution in [1.29, 1.82) is 0 Å². The molecule has 0 saturated heterocycles. The fourth-order valence-electron chi connectivity index (χ4n) is 2.54. The summed E-state index contributed by atoms with van der Waals surface area (Å²) in [4.78, 5) is 13.7. The van der Waals surface area contributed by atoms with Crippen LogP contribution in [0.1, 0.15) is 23.6 Å². The minimum Gasteiger partial charge on any atom is -0.337 e. The highest BCUT2D eigenvalue weighted by atomic mass is 32.2. The van der Waals surface area contributed by atoms with E-state index in [4.69, 9.17) is 0 Å². The number of hydrogen-bond acceptors (Lipinski definition) is 3. The van der Waals surface area contributed by atoms with Crippen molar-refractivity contribution >= 4 is 15.9 Å². The van der Waals surface area contributed by atoms with Crippen LogP contribution in [0, 0.1) is 13.8 Å². The van der Waals surface area contributed by atoms with Crippen molar-refractivity contribution in [3.8, 4) is 0 Å². The molecule has 0 spiro atoms. The SMILES string of the molecule is CC(=O)N(CCNS(=O)(=O)c1cc(C)ccc1C)Cc1ccccc1. The van der Waals surface area contributed by atoms with Gasteiger partial charge in [0, 0.05) is 26.6 Å². The molecule has 2 aromatic rings. The van der Waals surface area contributed by atoms with E-state index in [1.807, 2.05) is 43.3 Å². The van der Waals surface area contributed by atoms with Crippen LogP contribution in [-0.4, -0.2) is 32.3 Å². The summed E-state index contributed by atoms with van der Waals surface area (Å²) in [5.41, 5.74) is 2.60. The molecule has 0 aliphatic rings. The topological polar surface area (TPSA) is 66.5 Å². The Morgan fingerprint density at radius 2 is 1.76 bits per heavy atom. The molecule has 1 amide bonds. The molecule has 0 bridgehead atoms. The quantitative estimate of drug-likeness (QED) is 0.825. The zero-order valence-corrected chi connectivity index (χ0v) is 15.6.